The van der Waals surface area contributed by atoms with Crippen molar-refractivity contribution in [1.29, 1.82) is 0 Å². The van der Waals surface area contributed by atoms with Crippen LogP contribution in [0.1, 0.15) is 38.3 Å². The highest BCUT2D eigenvalue weighted by atomic mass is 16.1. The van der Waals surface area contributed by atoms with Crippen molar-refractivity contribution in [3.63, 3.8) is 0 Å². The van der Waals surface area contributed by atoms with E-state index in [1.807, 2.05) is 26.0 Å². The maximum Gasteiger partial charge on any atom is 0.220 e. The normalized spacial score (nSPS) is 11.9. The maximum absolute atomic E-state index is 11.6. The topological polar surface area (TPSA) is 42.0 Å². The van der Waals surface area contributed by atoms with Crippen LogP contribution in [-0.4, -0.2) is 10.9 Å². The van der Waals surface area contributed by atoms with Gasteiger partial charge in [-0.15, -0.1) is 0 Å². The van der Waals surface area contributed by atoms with Crippen LogP contribution >= 0.6 is 0 Å². The molecule has 2 aromatic rings. The van der Waals surface area contributed by atoms with Crippen molar-refractivity contribution in [1.82, 2.24) is 10.3 Å². The minimum Gasteiger partial charge on any atom is -0.350 e. The van der Waals surface area contributed by atoms with Gasteiger partial charge in [0.25, 0.3) is 0 Å². The smallest absolute Gasteiger partial charge is 0.220 e. The molecule has 3 heteroatoms. The molecule has 20 heavy (non-hydrogen) atoms. The number of hydrogen-bond donors (Lipinski definition) is 1. The minimum absolute atomic E-state index is 0.0422. The number of carbonyl (C=O) groups excluding carboxylic acids is 1. The standard InChI is InChI=1S/C17H20N2O/c1-3-4-17(20)19-13(2)14-5-7-15(8-6-14)16-9-11-18-12-10-16/h5-13H,3-4H2,1-2H3,(H,19,20)/t13-/m0/s1. The molecule has 0 aliphatic heterocycles. The van der Waals surface area contributed by atoms with Gasteiger partial charge in [0, 0.05) is 18.8 Å². The van der Waals surface area contributed by atoms with Crippen molar-refractivity contribution >= 4 is 5.91 Å². The first-order valence-electron chi connectivity index (χ1n) is 7.00. The van der Waals surface area contributed by atoms with E-state index in [9.17, 15) is 4.79 Å². The molecule has 1 N–H and O–H groups in total. The van der Waals surface area contributed by atoms with E-state index in [2.05, 4.69) is 34.6 Å². The Morgan fingerprint density at radius 1 is 1.10 bits per heavy atom. The van der Waals surface area contributed by atoms with E-state index in [-0.39, 0.29) is 11.9 Å². The van der Waals surface area contributed by atoms with Gasteiger partial charge in [-0.25, -0.2) is 0 Å². The van der Waals surface area contributed by atoms with Crippen molar-refractivity contribution in [2.24, 2.45) is 0 Å². The Morgan fingerprint density at radius 2 is 1.70 bits per heavy atom. The zero-order valence-corrected chi connectivity index (χ0v) is 12.0. The molecule has 1 heterocycles. The number of benzene rings is 1. The molecular weight excluding hydrogens is 248 g/mol. The third kappa shape index (κ3) is 3.67. The second-order valence-corrected chi connectivity index (χ2v) is 4.90. The summed E-state index contributed by atoms with van der Waals surface area (Å²) in [7, 11) is 0. The van der Waals surface area contributed by atoms with Crippen LogP contribution in [0, 0.1) is 0 Å². The summed E-state index contributed by atoms with van der Waals surface area (Å²) >= 11 is 0. The predicted octanol–water partition coefficient (Wildman–Crippen LogP) is 3.73. The Kier molecular flexibility index (Phi) is 4.88. The molecule has 1 aromatic heterocycles. The molecular formula is C17H20N2O. The summed E-state index contributed by atoms with van der Waals surface area (Å²) in [4.78, 5) is 15.6. The predicted molar refractivity (Wildman–Crippen MR) is 81.1 cm³/mol. The van der Waals surface area contributed by atoms with E-state index in [0.29, 0.717) is 6.42 Å². The summed E-state index contributed by atoms with van der Waals surface area (Å²) in [5.41, 5.74) is 3.42. The molecule has 0 unspecified atom stereocenters. The molecule has 2 rings (SSSR count). The Morgan fingerprint density at radius 3 is 2.30 bits per heavy atom. The summed E-state index contributed by atoms with van der Waals surface area (Å²) in [5, 5.41) is 3.01. The van der Waals surface area contributed by atoms with Gasteiger partial charge in [0.05, 0.1) is 6.04 Å². The average molecular weight is 268 g/mol. The van der Waals surface area contributed by atoms with E-state index in [0.717, 1.165) is 23.1 Å². The Balaban J connectivity index is 2.06. The number of carbonyl (C=O) groups is 1. The highest BCUT2D eigenvalue weighted by Crippen LogP contribution is 2.21. The Bertz CT molecular complexity index is 549. The van der Waals surface area contributed by atoms with Crippen LogP contribution in [0.15, 0.2) is 48.8 Å². The molecule has 0 fully saturated rings. The summed E-state index contributed by atoms with van der Waals surface area (Å²) in [6.07, 6.45) is 5.03. The first-order valence-corrected chi connectivity index (χ1v) is 7.00. The summed E-state index contributed by atoms with van der Waals surface area (Å²) in [6.45, 7) is 4.02. The monoisotopic (exact) mass is 268 g/mol. The molecule has 0 spiro atoms. The lowest BCUT2D eigenvalue weighted by Crippen LogP contribution is -2.26. The van der Waals surface area contributed by atoms with Crippen LogP contribution < -0.4 is 5.32 Å². The van der Waals surface area contributed by atoms with Gasteiger partial charge < -0.3 is 5.32 Å². The van der Waals surface area contributed by atoms with Gasteiger partial charge in [-0.2, -0.15) is 0 Å². The first kappa shape index (κ1) is 14.3. The van der Waals surface area contributed by atoms with E-state index in [4.69, 9.17) is 0 Å². The highest BCUT2D eigenvalue weighted by molar-refractivity contribution is 5.76. The SMILES string of the molecule is CCCC(=O)N[C@@H](C)c1ccc(-c2ccncc2)cc1. The van der Waals surface area contributed by atoms with Crippen molar-refractivity contribution in [3.05, 3.63) is 54.4 Å². The number of hydrogen-bond acceptors (Lipinski definition) is 2. The Hall–Kier alpha value is -2.16. The average Bonchev–Trinajstić information content (AvgIpc) is 2.48. The van der Waals surface area contributed by atoms with Crippen LogP contribution in [-0.2, 0) is 4.79 Å². The lowest BCUT2D eigenvalue weighted by atomic mass is 10.0. The number of amides is 1. The van der Waals surface area contributed by atoms with Crippen molar-refractivity contribution < 1.29 is 4.79 Å². The fraction of sp³-hybridized carbons (Fsp3) is 0.294. The molecule has 1 amide bonds. The van der Waals surface area contributed by atoms with Gasteiger partial charge >= 0.3 is 0 Å². The molecule has 3 nitrogen and oxygen atoms in total. The van der Waals surface area contributed by atoms with Gasteiger partial charge in [-0.05, 0) is 42.2 Å². The maximum atomic E-state index is 11.6. The molecule has 0 saturated carbocycles. The zero-order chi connectivity index (χ0) is 14.4. The van der Waals surface area contributed by atoms with Gasteiger partial charge in [-0.3, -0.25) is 9.78 Å². The van der Waals surface area contributed by atoms with E-state index < -0.39 is 0 Å². The number of nitrogens with one attached hydrogen (secondary N) is 1. The number of rotatable bonds is 5. The minimum atomic E-state index is 0.0422. The van der Waals surface area contributed by atoms with E-state index in [1.54, 1.807) is 12.4 Å². The van der Waals surface area contributed by atoms with Gasteiger partial charge in [-0.1, -0.05) is 31.2 Å². The second-order valence-electron chi connectivity index (χ2n) is 4.90. The van der Waals surface area contributed by atoms with E-state index in [1.165, 1.54) is 0 Å². The molecule has 1 aromatic carbocycles. The van der Waals surface area contributed by atoms with Crippen molar-refractivity contribution in [2.75, 3.05) is 0 Å². The summed E-state index contributed by atoms with van der Waals surface area (Å²) < 4.78 is 0. The largest absolute Gasteiger partial charge is 0.350 e. The Labute approximate surface area is 120 Å². The summed E-state index contributed by atoms with van der Waals surface area (Å²) in [5.74, 6) is 0.109. The quantitative estimate of drug-likeness (QED) is 0.897. The van der Waals surface area contributed by atoms with Crippen molar-refractivity contribution in [2.45, 2.75) is 32.7 Å². The highest BCUT2D eigenvalue weighted by Gasteiger charge is 2.08. The molecule has 0 radical (unpaired) electrons. The van der Waals surface area contributed by atoms with Crippen LogP contribution in [0.4, 0.5) is 0 Å². The number of nitrogens with zero attached hydrogens (tertiary/aromatic N) is 1. The van der Waals surface area contributed by atoms with Gasteiger partial charge in [0.15, 0.2) is 0 Å². The fourth-order valence-electron chi connectivity index (χ4n) is 2.13. The molecule has 1 atom stereocenters. The molecule has 0 bridgehead atoms. The third-order valence-corrected chi connectivity index (χ3v) is 3.28. The molecule has 0 aliphatic rings. The molecule has 0 aliphatic carbocycles. The first-order chi connectivity index (χ1) is 9.70. The van der Waals surface area contributed by atoms with Gasteiger partial charge in [0.1, 0.15) is 0 Å². The number of pyridine rings is 1. The zero-order valence-electron chi connectivity index (χ0n) is 12.0. The van der Waals surface area contributed by atoms with Crippen LogP contribution in [0.3, 0.4) is 0 Å². The third-order valence-electron chi connectivity index (χ3n) is 3.28. The summed E-state index contributed by atoms with van der Waals surface area (Å²) in [6, 6.07) is 12.3. The molecule has 0 saturated heterocycles. The molecule has 104 valence electrons. The van der Waals surface area contributed by atoms with Crippen LogP contribution in [0.25, 0.3) is 11.1 Å². The number of aromatic nitrogens is 1. The van der Waals surface area contributed by atoms with Crippen LogP contribution in [0.5, 0.6) is 0 Å². The fourth-order valence-corrected chi connectivity index (χ4v) is 2.13. The lowest BCUT2D eigenvalue weighted by molar-refractivity contribution is -0.121. The van der Waals surface area contributed by atoms with Crippen LogP contribution in [0.2, 0.25) is 0 Å². The van der Waals surface area contributed by atoms with Gasteiger partial charge in [0.2, 0.25) is 5.91 Å². The van der Waals surface area contributed by atoms with E-state index >= 15 is 0 Å². The van der Waals surface area contributed by atoms with Crippen molar-refractivity contribution in [3.8, 4) is 11.1 Å². The second kappa shape index (κ2) is 6.85. The lowest BCUT2D eigenvalue weighted by Gasteiger charge is -2.14.